The minimum absolute atomic E-state index is 0.846. The first-order chi connectivity index (χ1) is 14.8. The molecule has 0 radical (unpaired) electrons. The first-order valence-corrected chi connectivity index (χ1v) is 10.6. The fourth-order valence-electron chi connectivity index (χ4n) is 4.26. The molecule has 6 aromatic rings. The van der Waals surface area contributed by atoms with Crippen LogP contribution in [0.5, 0.6) is 0 Å². The van der Waals surface area contributed by atoms with Gasteiger partial charge in [-0.15, -0.1) is 10.2 Å². The summed E-state index contributed by atoms with van der Waals surface area (Å²) in [4.78, 5) is 0. The molecule has 0 unspecified atom stereocenters. The van der Waals surface area contributed by atoms with E-state index in [4.69, 9.17) is 0 Å². The molecule has 0 aliphatic carbocycles. The summed E-state index contributed by atoms with van der Waals surface area (Å²) in [6.07, 6.45) is 0. The largest absolute Gasteiger partial charge is 0.274 e. The number of para-hydroxylation sites is 1. The van der Waals surface area contributed by atoms with Gasteiger partial charge in [0.2, 0.25) is 0 Å². The zero-order chi connectivity index (χ0) is 20.1. The highest BCUT2D eigenvalue weighted by molar-refractivity contribution is 9.10. The smallest absolute Gasteiger partial charge is 0.169 e. The lowest BCUT2D eigenvalue weighted by Crippen LogP contribution is -1.95. The van der Waals surface area contributed by atoms with E-state index in [1.807, 2.05) is 6.07 Å². The summed E-state index contributed by atoms with van der Waals surface area (Å²) in [5.74, 6) is 0.846. The number of hydrogen-bond donors (Lipinski definition) is 0. The maximum Gasteiger partial charge on any atom is 0.169 e. The molecule has 2 aromatic heterocycles. The van der Waals surface area contributed by atoms with Crippen molar-refractivity contribution in [3.05, 3.63) is 102 Å². The maximum absolute atomic E-state index is 4.68. The minimum Gasteiger partial charge on any atom is -0.274 e. The molecular formula is C26H16BrN3. The minimum atomic E-state index is 0.846. The number of rotatable bonds is 2. The van der Waals surface area contributed by atoms with Gasteiger partial charge in [-0.2, -0.15) is 0 Å². The van der Waals surface area contributed by atoms with Gasteiger partial charge in [0.25, 0.3) is 0 Å². The highest BCUT2D eigenvalue weighted by Gasteiger charge is 2.18. The Kier molecular flexibility index (Phi) is 3.93. The van der Waals surface area contributed by atoms with E-state index in [1.54, 1.807) is 0 Å². The molecule has 0 amide bonds. The summed E-state index contributed by atoms with van der Waals surface area (Å²) in [5, 5.41) is 12.8. The van der Waals surface area contributed by atoms with Crippen molar-refractivity contribution in [1.82, 2.24) is 14.6 Å². The Hall–Kier alpha value is -3.50. The van der Waals surface area contributed by atoms with Gasteiger partial charge < -0.3 is 0 Å². The summed E-state index contributed by atoms with van der Waals surface area (Å²) < 4.78 is 3.24. The third-order valence-electron chi connectivity index (χ3n) is 5.60. The lowest BCUT2D eigenvalue weighted by molar-refractivity contribution is 1.12. The predicted molar refractivity (Wildman–Crippen MR) is 127 cm³/mol. The molecule has 0 saturated carbocycles. The SMILES string of the molecule is Brc1ccccc1-c1ccccc1-c1nnc2c3ccccc3c3ccccc3n12. The summed E-state index contributed by atoms with van der Waals surface area (Å²) in [5.41, 5.74) is 5.29. The predicted octanol–water partition coefficient (Wildman–Crippen LogP) is 7.13. The molecule has 0 spiro atoms. The Balaban J connectivity index is 1.76. The molecule has 0 fully saturated rings. The Morgan fingerprint density at radius 1 is 0.533 bits per heavy atom. The van der Waals surface area contributed by atoms with Crippen LogP contribution in [-0.2, 0) is 0 Å². The number of halogens is 1. The zero-order valence-corrected chi connectivity index (χ0v) is 17.5. The standard InChI is InChI=1S/C26H16BrN3/c27-23-15-7-5-11-19(23)17-9-1-3-13-21(17)25-28-29-26-22-14-4-2-10-18(22)20-12-6-8-16-24(20)30(25)26/h1-16H. The molecule has 0 saturated heterocycles. The van der Waals surface area contributed by atoms with Gasteiger partial charge in [0.05, 0.1) is 5.52 Å². The van der Waals surface area contributed by atoms with Gasteiger partial charge in [0.15, 0.2) is 11.5 Å². The van der Waals surface area contributed by atoms with Crippen LogP contribution in [-0.4, -0.2) is 14.6 Å². The van der Waals surface area contributed by atoms with Crippen LogP contribution in [0.2, 0.25) is 0 Å². The van der Waals surface area contributed by atoms with Crippen molar-refractivity contribution in [1.29, 1.82) is 0 Å². The van der Waals surface area contributed by atoms with Crippen LogP contribution in [0.3, 0.4) is 0 Å². The molecule has 0 N–H and O–H groups in total. The molecule has 0 atom stereocenters. The van der Waals surface area contributed by atoms with E-state index in [2.05, 4.69) is 122 Å². The average Bonchev–Trinajstić information content (AvgIpc) is 3.25. The molecule has 0 aliphatic rings. The van der Waals surface area contributed by atoms with E-state index >= 15 is 0 Å². The molecule has 0 aliphatic heterocycles. The van der Waals surface area contributed by atoms with Crippen LogP contribution in [0.15, 0.2) is 102 Å². The van der Waals surface area contributed by atoms with E-state index < -0.39 is 0 Å². The Labute approximate surface area is 181 Å². The van der Waals surface area contributed by atoms with Gasteiger partial charge in [-0.05, 0) is 28.6 Å². The van der Waals surface area contributed by atoms with E-state index in [0.29, 0.717) is 0 Å². The van der Waals surface area contributed by atoms with Gasteiger partial charge in [-0.1, -0.05) is 101 Å². The third-order valence-corrected chi connectivity index (χ3v) is 6.29. The molecule has 142 valence electrons. The van der Waals surface area contributed by atoms with Crippen LogP contribution in [0.25, 0.3) is 49.8 Å². The number of aromatic nitrogens is 3. The highest BCUT2D eigenvalue weighted by atomic mass is 79.9. The summed E-state index contributed by atoms with van der Waals surface area (Å²) in [7, 11) is 0. The molecule has 4 heteroatoms. The number of nitrogens with zero attached hydrogens (tertiary/aromatic N) is 3. The Morgan fingerprint density at radius 3 is 1.93 bits per heavy atom. The molecule has 0 bridgehead atoms. The summed E-state index contributed by atoms with van der Waals surface area (Å²) >= 11 is 3.71. The van der Waals surface area contributed by atoms with Gasteiger partial charge in [-0.3, -0.25) is 4.40 Å². The van der Waals surface area contributed by atoms with Crippen LogP contribution in [0.1, 0.15) is 0 Å². The van der Waals surface area contributed by atoms with E-state index in [0.717, 1.165) is 43.5 Å². The van der Waals surface area contributed by atoms with E-state index in [-0.39, 0.29) is 0 Å². The van der Waals surface area contributed by atoms with Crippen molar-refractivity contribution in [3.8, 4) is 22.5 Å². The maximum atomic E-state index is 4.68. The molecule has 3 nitrogen and oxygen atoms in total. The van der Waals surface area contributed by atoms with E-state index in [9.17, 15) is 0 Å². The third kappa shape index (κ3) is 2.50. The van der Waals surface area contributed by atoms with Gasteiger partial charge in [-0.25, -0.2) is 0 Å². The van der Waals surface area contributed by atoms with Crippen LogP contribution in [0.4, 0.5) is 0 Å². The lowest BCUT2D eigenvalue weighted by Gasteiger charge is -2.12. The molecule has 30 heavy (non-hydrogen) atoms. The van der Waals surface area contributed by atoms with Crippen LogP contribution in [0, 0.1) is 0 Å². The second-order valence-electron chi connectivity index (χ2n) is 7.27. The van der Waals surface area contributed by atoms with Gasteiger partial charge in [0.1, 0.15) is 0 Å². The number of fused-ring (bicyclic) bond motifs is 6. The average molecular weight is 450 g/mol. The summed E-state index contributed by atoms with van der Waals surface area (Å²) in [6.45, 7) is 0. The fraction of sp³-hybridized carbons (Fsp3) is 0. The zero-order valence-electron chi connectivity index (χ0n) is 16.0. The Morgan fingerprint density at radius 2 is 1.13 bits per heavy atom. The molecule has 2 heterocycles. The van der Waals surface area contributed by atoms with Crippen molar-refractivity contribution >= 4 is 43.3 Å². The highest BCUT2D eigenvalue weighted by Crippen LogP contribution is 2.37. The van der Waals surface area contributed by atoms with Crippen molar-refractivity contribution in [3.63, 3.8) is 0 Å². The molecule has 6 rings (SSSR count). The normalized spacial score (nSPS) is 11.5. The summed E-state index contributed by atoms with van der Waals surface area (Å²) in [6, 6.07) is 33.5. The quantitative estimate of drug-likeness (QED) is 0.263. The van der Waals surface area contributed by atoms with Crippen LogP contribution >= 0.6 is 15.9 Å². The monoisotopic (exact) mass is 449 g/mol. The second-order valence-corrected chi connectivity index (χ2v) is 8.13. The lowest BCUT2D eigenvalue weighted by atomic mass is 9.99. The van der Waals surface area contributed by atoms with Crippen molar-refractivity contribution < 1.29 is 0 Å². The van der Waals surface area contributed by atoms with Gasteiger partial charge in [0, 0.05) is 20.8 Å². The second kappa shape index (κ2) is 6.78. The first kappa shape index (κ1) is 17.4. The Bertz CT molecular complexity index is 1570. The fourth-order valence-corrected chi connectivity index (χ4v) is 4.76. The molecular weight excluding hydrogens is 434 g/mol. The van der Waals surface area contributed by atoms with Crippen molar-refractivity contribution in [2.75, 3.05) is 0 Å². The van der Waals surface area contributed by atoms with E-state index in [1.165, 1.54) is 10.8 Å². The van der Waals surface area contributed by atoms with Gasteiger partial charge >= 0.3 is 0 Å². The number of benzene rings is 4. The molecule has 4 aromatic carbocycles. The first-order valence-electron chi connectivity index (χ1n) is 9.82. The number of hydrogen-bond acceptors (Lipinski definition) is 2. The number of pyridine rings is 1. The topological polar surface area (TPSA) is 30.2 Å². The van der Waals surface area contributed by atoms with Crippen molar-refractivity contribution in [2.45, 2.75) is 0 Å². The van der Waals surface area contributed by atoms with Crippen LogP contribution < -0.4 is 0 Å². The van der Waals surface area contributed by atoms with Crippen molar-refractivity contribution in [2.24, 2.45) is 0 Å².